The summed E-state index contributed by atoms with van der Waals surface area (Å²) < 4.78 is 0. The first-order chi connectivity index (χ1) is 8.87. The zero-order chi connectivity index (χ0) is 14.0. The van der Waals surface area contributed by atoms with Crippen molar-refractivity contribution in [2.45, 2.75) is 32.9 Å². The maximum atomic E-state index is 4.77. The Bertz CT molecular complexity index is 568. The van der Waals surface area contributed by atoms with E-state index in [-0.39, 0.29) is 5.54 Å². The van der Waals surface area contributed by atoms with Crippen LogP contribution in [0.1, 0.15) is 26.5 Å². The van der Waals surface area contributed by atoms with E-state index in [0.717, 1.165) is 18.1 Å². The molecule has 0 atom stereocenters. The Hall–Kier alpha value is -1.61. The van der Waals surface area contributed by atoms with Crippen LogP contribution in [0.5, 0.6) is 0 Å². The maximum absolute atomic E-state index is 4.77. The summed E-state index contributed by atoms with van der Waals surface area (Å²) in [7, 11) is 4.07. The van der Waals surface area contributed by atoms with Crippen molar-refractivity contribution in [1.82, 2.24) is 10.3 Å². The number of rotatable bonds is 3. The molecule has 0 fully saturated rings. The summed E-state index contributed by atoms with van der Waals surface area (Å²) in [5.74, 6) is 1.03. The second kappa shape index (κ2) is 5.17. The van der Waals surface area contributed by atoms with E-state index in [0.29, 0.717) is 0 Å². The van der Waals surface area contributed by atoms with Gasteiger partial charge in [-0.05, 0) is 32.2 Å². The van der Waals surface area contributed by atoms with Gasteiger partial charge in [-0.3, -0.25) is 0 Å². The van der Waals surface area contributed by atoms with E-state index < -0.39 is 0 Å². The number of pyridine rings is 1. The number of hydrogen-bond acceptors (Lipinski definition) is 3. The van der Waals surface area contributed by atoms with Crippen molar-refractivity contribution in [2.75, 3.05) is 19.0 Å². The lowest BCUT2D eigenvalue weighted by Gasteiger charge is -2.21. The Morgan fingerprint density at radius 1 is 1.16 bits per heavy atom. The van der Waals surface area contributed by atoms with Gasteiger partial charge >= 0.3 is 0 Å². The lowest BCUT2D eigenvalue weighted by Crippen LogP contribution is -2.35. The number of aromatic nitrogens is 1. The highest BCUT2D eigenvalue weighted by atomic mass is 15.1. The molecule has 1 heterocycles. The second-order valence-corrected chi connectivity index (χ2v) is 6.16. The third kappa shape index (κ3) is 3.44. The van der Waals surface area contributed by atoms with Gasteiger partial charge in [0.15, 0.2) is 0 Å². The normalized spacial score (nSPS) is 11.8. The van der Waals surface area contributed by atoms with Crippen molar-refractivity contribution in [1.29, 1.82) is 0 Å². The van der Waals surface area contributed by atoms with Crippen LogP contribution in [0.15, 0.2) is 30.3 Å². The van der Waals surface area contributed by atoms with Gasteiger partial charge in [-0.15, -0.1) is 0 Å². The van der Waals surface area contributed by atoms with E-state index in [9.17, 15) is 0 Å². The van der Waals surface area contributed by atoms with Crippen LogP contribution in [0.25, 0.3) is 10.8 Å². The standard InChI is InChI=1S/C16H23N3/c1-16(2,3)17-11-13-10-12-8-6-7-9-14(12)15(18-13)19(4)5/h6-10,17H,11H2,1-5H3. The van der Waals surface area contributed by atoms with E-state index >= 15 is 0 Å². The third-order valence-electron chi connectivity index (χ3n) is 3.00. The van der Waals surface area contributed by atoms with Crippen LogP contribution < -0.4 is 10.2 Å². The molecule has 3 nitrogen and oxygen atoms in total. The van der Waals surface area contributed by atoms with Gasteiger partial charge in [0, 0.05) is 31.6 Å². The Kier molecular flexibility index (Phi) is 3.76. The van der Waals surface area contributed by atoms with Gasteiger partial charge in [-0.2, -0.15) is 0 Å². The smallest absolute Gasteiger partial charge is 0.136 e. The molecule has 0 spiro atoms. The molecule has 0 aliphatic carbocycles. The second-order valence-electron chi connectivity index (χ2n) is 6.16. The number of nitrogens with one attached hydrogen (secondary N) is 1. The van der Waals surface area contributed by atoms with E-state index in [4.69, 9.17) is 4.98 Å². The van der Waals surface area contributed by atoms with Crippen LogP contribution in [0, 0.1) is 0 Å². The van der Waals surface area contributed by atoms with E-state index in [2.05, 4.69) is 61.3 Å². The predicted octanol–water partition coefficient (Wildman–Crippen LogP) is 3.19. The largest absolute Gasteiger partial charge is 0.362 e. The SMILES string of the molecule is CN(C)c1nc(CNC(C)(C)C)cc2ccccc12. The first kappa shape index (κ1) is 13.8. The molecule has 0 unspecified atom stereocenters. The molecule has 0 aliphatic rings. The maximum Gasteiger partial charge on any atom is 0.136 e. The third-order valence-corrected chi connectivity index (χ3v) is 3.00. The zero-order valence-corrected chi connectivity index (χ0v) is 12.5. The molecule has 0 saturated heterocycles. The summed E-state index contributed by atoms with van der Waals surface area (Å²) in [5, 5.41) is 5.93. The zero-order valence-electron chi connectivity index (χ0n) is 12.5. The minimum Gasteiger partial charge on any atom is -0.362 e. The molecule has 1 N–H and O–H groups in total. The van der Waals surface area contributed by atoms with Crippen LogP contribution in [-0.4, -0.2) is 24.6 Å². The van der Waals surface area contributed by atoms with Gasteiger partial charge < -0.3 is 10.2 Å². The monoisotopic (exact) mass is 257 g/mol. The average Bonchev–Trinajstić information content (AvgIpc) is 2.34. The fourth-order valence-corrected chi connectivity index (χ4v) is 2.02. The van der Waals surface area contributed by atoms with Crippen molar-refractivity contribution in [3.05, 3.63) is 36.0 Å². The molecule has 0 radical (unpaired) electrons. The topological polar surface area (TPSA) is 28.2 Å². The van der Waals surface area contributed by atoms with Crippen molar-refractivity contribution in [2.24, 2.45) is 0 Å². The molecule has 0 saturated carbocycles. The minimum atomic E-state index is 0.103. The van der Waals surface area contributed by atoms with E-state index in [1.165, 1.54) is 10.8 Å². The molecular weight excluding hydrogens is 234 g/mol. The summed E-state index contributed by atoms with van der Waals surface area (Å²) in [5.41, 5.74) is 1.18. The van der Waals surface area contributed by atoms with Gasteiger partial charge in [0.2, 0.25) is 0 Å². The highest BCUT2D eigenvalue weighted by molar-refractivity contribution is 5.92. The summed E-state index contributed by atoms with van der Waals surface area (Å²) in [4.78, 5) is 6.84. The fourth-order valence-electron chi connectivity index (χ4n) is 2.02. The molecule has 0 aliphatic heterocycles. The highest BCUT2D eigenvalue weighted by Crippen LogP contribution is 2.24. The quantitative estimate of drug-likeness (QED) is 0.915. The summed E-state index contributed by atoms with van der Waals surface area (Å²) in [6, 6.07) is 10.6. The number of nitrogens with zero attached hydrogens (tertiary/aromatic N) is 2. The molecule has 0 bridgehead atoms. The van der Waals surface area contributed by atoms with Gasteiger partial charge in [0.1, 0.15) is 5.82 Å². The van der Waals surface area contributed by atoms with E-state index in [1.54, 1.807) is 0 Å². The molecule has 2 aromatic rings. The Labute approximate surface area is 115 Å². The van der Waals surface area contributed by atoms with Crippen LogP contribution >= 0.6 is 0 Å². The molecule has 1 aromatic carbocycles. The molecule has 19 heavy (non-hydrogen) atoms. The van der Waals surface area contributed by atoms with Crippen molar-refractivity contribution in [3.63, 3.8) is 0 Å². The fraction of sp³-hybridized carbons (Fsp3) is 0.438. The Morgan fingerprint density at radius 3 is 2.47 bits per heavy atom. The van der Waals surface area contributed by atoms with Gasteiger partial charge in [-0.1, -0.05) is 24.3 Å². The average molecular weight is 257 g/mol. The Morgan fingerprint density at radius 2 is 1.84 bits per heavy atom. The summed E-state index contributed by atoms with van der Waals surface area (Å²) >= 11 is 0. The van der Waals surface area contributed by atoms with Crippen molar-refractivity contribution in [3.8, 4) is 0 Å². The molecule has 1 aromatic heterocycles. The Balaban J connectivity index is 2.41. The first-order valence-electron chi connectivity index (χ1n) is 6.68. The predicted molar refractivity (Wildman–Crippen MR) is 82.7 cm³/mol. The lowest BCUT2D eigenvalue weighted by atomic mass is 10.1. The van der Waals surface area contributed by atoms with Crippen LogP contribution in [-0.2, 0) is 6.54 Å². The highest BCUT2D eigenvalue weighted by Gasteiger charge is 2.11. The molecule has 2 rings (SSSR count). The van der Waals surface area contributed by atoms with Crippen LogP contribution in [0.4, 0.5) is 5.82 Å². The molecule has 3 heteroatoms. The molecule has 0 amide bonds. The van der Waals surface area contributed by atoms with Crippen molar-refractivity contribution < 1.29 is 0 Å². The number of benzene rings is 1. The lowest BCUT2D eigenvalue weighted by molar-refractivity contribution is 0.421. The van der Waals surface area contributed by atoms with Gasteiger partial charge in [0.25, 0.3) is 0 Å². The van der Waals surface area contributed by atoms with Crippen molar-refractivity contribution >= 4 is 16.6 Å². The first-order valence-corrected chi connectivity index (χ1v) is 6.68. The van der Waals surface area contributed by atoms with E-state index in [1.807, 2.05) is 14.1 Å². The molecule has 102 valence electrons. The number of anilines is 1. The van der Waals surface area contributed by atoms with Crippen LogP contribution in [0.2, 0.25) is 0 Å². The minimum absolute atomic E-state index is 0.103. The van der Waals surface area contributed by atoms with Crippen LogP contribution in [0.3, 0.4) is 0 Å². The number of fused-ring (bicyclic) bond motifs is 1. The van der Waals surface area contributed by atoms with Gasteiger partial charge in [-0.25, -0.2) is 4.98 Å². The van der Waals surface area contributed by atoms with Gasteiger partial charge in [0.05, 0.1) is 5.69 Å². The summed E-state index contributed by atoms with van der Waals surface area (Å²) in [6.45, 7) is 7.29. The number of hydrogen-bond donors (Lipinski definition) is 1. The molecular formula is C16H23N3. The summed E-state index contributed by atoms with van der Waals surface area (Å²) in [6.07, 6.45) is 0.